The number of methoxy groups -OCH3 is 1. The van der Waals surface area contributed by atoms with Gasteiger partial charge in [-0.05, 0) is 50.3 Å². The number of rotatable bonds is 13. The quantitative estimate of drug-likeness (QED) is 0.127. The predicted molar refractivity (Wildman–Crippen MR) is 163 cm³/mol. The molecule has 3 aromatic carbocycles. The summed E-state index contributed by atoms with van der Waals surface area (Å²) in [5.74, 6) is 1.60. The van der Waals surface area contributed by atoms with Gasteiger partial charge in [-0.25, -0.2) is 4.79 Å². The molecule has 3 aromatic rings. The van der Waals surface area contributed by atoms with E-state index in [1.54, 1.807) is 18.1 Å². The van der Waals surface area contributed by atoms with Crippen LogP contribution in [0.25, 0.3) is 10.8 Å². The van der Waals surface area contributed by atoms with Crippen LogP contribution in [-0.4, -0.2) is 69.5 Å². The van der Waals surface area contributed by atoms with Crippen molar-refractivity contribution < 1.29 is 33.2 Å². The molecule has 226 valence electrons. The van der Waals surface area contributed by atoms with Crippen LogP contribution in [0.5, 0.6) is 11.5 Å². The Bertz CT molecular complexity index is 1300. The van der Waals surface area contributed by atoms with E-state index < -0.39 is 5.60 Å². The highest BCUT2D eigenvalue weighted by atomic mass is 16.7. The fourth-order valence-electron chi connectivity index (χ4n) is 5.00. The van der Waals surface area contributed by atoms with E-state index in [2.05, 4.69) is 30.8 Å². The van der Waals surface area contributed by atoms with Gasteiger partial charge < -0.3 is 33.3 Å². The molecule has 8 nitrogen and oxygen atoms in total. The number of nitrogens with zero attached hydrogens (tertiary/aromatic N) is 1. The lowest BCUT2D eigenvalue weighted by atomic mass is 9.87. The molecule has 0 aliphatic carbocycles. The second kappa shape index (κ2) is 15.0. The Morgan fingerprint density at radius 1 is 1.02 bits per heavy atom. The Morgan fingerprint density at radius 3 is 2.55 bits per heavy atom. The van der Waals surface area contributed by atoms with Crippen molar-refractivity contribution in [1.29, 1.82) is 0 Å². The number of amides is 1. The van der Waals surface area contributed by atoms with Gasteiger partial charge in [0.15, 0.2) is 6.79 Å². The first-order valence-corrected chi connectivity index (χ1v) is 14.4. The molecule has 4 rings (SSSR count). The van der Waals surface area contributed by atoms with Crippen LogP contribution in [0.4, 0.5) is 4.79 Å². The molecule has 0 bridgehead atoms. The third-order valence-corrected chi connectivity index (χ3v) is 7.02. The number of benzene rings is 3. The molecule has 1 heterocycles. The van der Waals surface area contributed by atoms with E-state index in [0.717, 1.165) is 39.8 Å². The first-order valence-electron chi connectivity index (χ1n) is 14.4. The van der Waals surface area contributed by atoms with Crippen molar-refractivity contribution in [2.24, 2.45) is 0 Å². The zero-order chi connectivity index (χ0) is 30.0. The number of carbonyl (C=O) groups is 1. The third kappa shape index (κ3) is 8.71. The molecule has 0 N–H and O–H groups in total. The van der Waals surface area contributed by atoms with Gasteiger partial charge in [-0.3, -0.25) is 0 Å². The zero-order valence-corrected chi connectivity index (χ0v) is 25.2. The predicted octanol–water partition coefficient (Wildman–Crippen LogP) is 6.71. The van der Waals surface area contributed by atoms with Crippen LogP contribution in [0, 0.1) is 0 Å². The lowest BCUT2D eigenvalue weighted by molar-refractivity contribution is -0.0379. The van der Waals surface area contributed by atoms with Crippen molar-refractivity contribution in [2.45, 2.75) is 51.4 Å². The molecule has 2 unspecified atom stereocenters. The zero-order valence-electron chi connectivity index (χ0n) is 25.2. The Kier molecular flexibility index (Phi) is 11.2. The number of carbonyl (C=O) groups excluding carboxylic acids is 1. The van der Waals surface area contributed by atoms with Gasteiger partial charge in [-0.2, -0.15) is 0 Å². The number of piperidine rings is 1. The summed E-state index contributed by atoms with van der Waals surface area (Å²) in [6.07, 6.45) is 1.88. The number of hydrogen-bond donors (Lipinski definition) is 0. The second-order valence-corrected chi connectivity index (χ2v) is 11.3. The van der Waals surface area contributed by atoms with Gasteiger partial charge in [0.2, 0.25) is 0 Å². The molecule has 1 saturated heterocycles. The molecule has 0 radical (unpaired) electrons. The first-order chi connectivity index (χ1) is 20.3. The van der Waals surface area contributed by atoms with Crippen LogP contribution in [0.3, 0.4) is 0 Å². The summed E-state index contributed by atoms with van der Waals surface area (Å²) < 4.78 is 34.8. The molecule has 0 spiro atoms. The monoisotopic (exact) mass is 577 g/mol. The number of likely N-dealkylation sites (tertiary alicyclic amines) is 1. The van der Waals surface area contributed by atoms with Gasteiger partial charge in [0.1, 0.15) is 23.7 Å². The number of ether oxygens (including phenoxy) is 6. The molecular formula is C34H43NO7. The van der Waals surface area contributed by atoms with E-state index in [1.807, 2.05) is 57.2 Å². The fraction of sp³-hybridized carbons (Fsp3) is 0.441. The Labute approximate surface area is 249 Å². The van der Waals surface area contributed by atoms with Gasteiger partial charge in [0, 0.05) is 30.5 Å². The van der Waals surface area contributed by atoms with Crippen LogP contribution >= 0.6 is 0 Å². The third-order valence-electron chi connectivity index (χ3n) is 7.02. The summed E-state index contributed by atoms with van der Waals surface area (Å²) in [5, 5.41) is 2.05. The van der Waals surface area contributed by atoms with E-state index >= 15 is 0 Å². The number of fused-ring (bicyclic) bond motifs is 1. The average Bonchev–Trinajstić information content (AvgIpc) is 2.98. The summed E-state index contributed by atoms with van der Waals surface area (Å²) in [4.78, 5) is 14.7. The van der Waals surface area contributed by atoms with E-state index in [0.29, 0.717) is 39.5 Å². The number of hydrogen-bond acceptors (Lipinski definition) is 7. The SMILES string of the molecule is C=CCOc1ccc(C2CCN(C(=O)OC(C)(C)C)CC2OCc2ccc3ccccc3c2OCOCCOC)cc1. The van der Waals surface area contributed by atoms with Crippen molar-refractivity contribution in [2.75, 3.05) is 46.8 Å². The van der Waals surface area contributed by atoms with Crippen molar-refractivity contribution in [3.8, 4) is 11.5 Å². The maximum atomic E-state index is 13.0. The van der Waals surface area contributed by atoms with E-state index in [9.17, 15) is 4.79 Å². The van der Waals surface area contributed by atoms with Crippen LogP contribution in [0.2, 0.25) is 0 Å². The van der Waals surface area contributed by atoms with Crippen LogP contribution in [0.15, 0.2) is 73.3 Å². The molecule has 1 fully saturated rings. The van der Waals surface area contributed by atoms with Crippen LogP contribution in [0.1, 0.15) is 44.2 Å². The van der Waals surface area contributed by atoms with Crippen molar-refractivity contribution in [3.63, 3.8) is 0 Å². The highest BCUT2D eigenvalue weighted by Gasteiger charge is 2.35. The summed E-state index contributed by atoms with van der Waals surface area (Å²) in [6, 6.07) is 20.3. The van der Waals surface area contributed by atoms with E-state index in [1.165, 1.54) is 0 Å². The van der Waals surface area contributed by atoms with E-state index in [4.69, 9.17) is 28.4 Å². The second-order valence-electron chi connectivity index (χ2n) is 11.3. The molecule has 2 atom stereocenters. The lowest BCUT2D eigenvalue weighted by Crippen LogP contribution is -2.48. The molecular weight excluding hydrogens is 534 g/mol. The van der Waals surface area contributed by atoms with E-state index in [-0.39, 0.29) is 24.9 Å². The first kappa shape index (κ1) is 31.3. The van der Waals surface area contributed by atoms with Crippen LogP contribution < -0.4 is 9.47 Å². The maximum Gasteiger partial charge on any atom is 0.410 e. The Balaban J connectivity index is 1.55. The van der Waals surface area contributed by atoms with Crippen LogP contribution in [-0.2, 0) is 25.6 Å². The smallest absolute Gasteiger partial charge is 0.410 e. The maximum absolute atomic E-state index is 13.0. The molecule has 1 aliphatic rings. The summed E-state index contributed by atoms with van der Waals surface area (Å²) in [7, 11) is 1.64. The van der Waals surface area contributed by atoms with Crippen molar-refractivity contribution in [1.82, 2.24) is 4.90 Å². The van der Waals surface area contributed by atoms with Gasteiger partial charge in [-0.1, -0.05) is 61.2 Å². The lowest BCUT2D eigenvalue weighted by Gasteiger charge is -2.39. The van der Waals surface area contributed by atoms with Gasteiger partial charge in [-0.15, -0.1) is 0 Å². The van der Waals surface area contributed by atoms with Gasteiger partial charge in [0.05, 0.1) is 32.5 Å². The highest BCUT2D eigenvalue weighted by molar-refractivity contribution is 5.89. The highest BCUT2D eigenvalue weighted by Crippen LogP contribution is 2.35. The normalized spacial score (nSPS) is 17.2. The molecule has 42 heavy (non-hydrogen) atoms. The minimum atomic E-state index is -0.575. The molecule has 1 amide bonds. The minimum absolute atomic E-state index is 0.0827. The fourth-order valence-corrected chi connectivity index (χ4v) is 5.00. The molecule has 0 aromatic heterocycles. The average molecular weight is 578 g/mol. The van der Waals surface area contributed by atoms with Gasteiger partial charge >= 0.3 is 6.09 Å². The standard InChI is InChI=1S/C34H43NO7/c1-6-19-39-28-15-13-26(14-16-28)29-17-18-35(33(36)42-34(2,3)4)22-31(29)40-23-27-12-11-25-9-7-8-10-30(25)32(27)41-24-38-21-20-37-5/h6-16,29,31H,1,17-24H2,2-5H3. The molecule has 0 saturated carbocycles. The van der Waals surface area contributed by atoms with Crippen molar-refractivity contribution in [3.05, 3.63) is 84.4 Å². The summed E-state index contributed by atoms with van der Waals surface area (Å²) in [6.45, 7) is 12.1. The largest absolute Gasteiger partial charge is 0.490 e. The Hall–Kier alpha value is -3.59. The summed E-state index contributed by atoms with van der Waals surface area (Å²) in [5.41, 5.74) is 1.47. The molecule has 8 heteroatoms. The Morgan fingerprint density at radius 2 is 1.81 bits per heavy atom. The van der Waals surface area contributed by atoms with Crippen molar-refractivity contribution >= 4 is 16.9 Å². The molecule has 1 aliphatic heterocycles. The minimum Gasteiger partial charge on any atom is -0.490 e. The summed E-state index contributed by atoms with van der Waals surface area (Å²) >= 11 is 0. The van der Waals surface area contributed by atoms with Gasteiger partial charge in [0.25, 0.3) is 0 Å². The topological polar surface area (TPSA) is 75.7 Å².